The van der Waals surface area contributed by atoms with E-state index in [-0.39, 0.29) is 0 Å². The Balaban J connectivity index is 1.99. The number of nitrogens with one attached hydrogen (secondary N) is 1. The van der Waals surface area contributed by atoms with Gasteiger partial charge in [0.2, 0.25) is 0 Å². The predicted molar refractivity (Wildman–Crippen MR) is 65.8 cm³/mol. The number of H-pyrrole nitrogens is 1. The minimum absolute atomic E-state index is 0.444. The van der Waals surface area contributed by atoms with Crippen molar-refractivity contribution in [3.8, 4) is 5.75 Å². The zero-order valence-electron chi connectivity index (χ0n) is 7.57. The van der Waals surface area contributed by atoms with Crippen LogP contribution in [0.15, 0.2) is 28.7 Å². The largest absolute Gasteiger partial charge is 0.486 e. The smallest absolute Gasteiger partial charge is 0.176 e. The van der Waals surface area contributed by atoms with E-state index in [1.165, 1.54) is 11.3 Å². The van der Waals surface area contributed by atoms with Gasteiger partial charge in [-0.05, 0) is 36.5 Å². The lowest BCUT2D eigenvalue weighted by atomic mass is 10.3. The van der Waals surface area contributed by atoms with Crippen LogP contribution in [0.4, 0.5) is 0 Å². The fraction of sp³-hybridized carbons (Fsp3) is 0.111. The normalized spacial score (nSPS) is 10.2. The maximum atomic E-state index is 5.52. The molecule has 1 aromatic carbocycles. The molecule has 6 heteroatoms. The zero-order valence-corrected chi connectivity index (χ0v) is 10.8. The molecule has 0 radical (unpaired) electrons. The highest BCUT2D eigenvalue weighted by atomic mass is 79.9. The summed E-state index contributed by atoms with van der Waals surface area (Å²) >= 11 is 9.70. The first kappa shape index (κ1) is 10.8. The Bertz CT molecular complexity index is 491. The van der Waals surface area contributed by atoms with Crippen molar-refractivity contribution in [3.63, 3.8) is 0 Å². The average molecular weight is 303 g/mol. The highest BCUT2D eigenvalue weighted by molar-refractivity contribution is 9.10. The van der Waals surface area contributed by atoms with Gasteiger partial charge in [-0.25, -0.2) is 0 Å². The number of ether oxygens (including phenoxy) is 1. The summed E-state index contributed by atoms with van der Waals surface area (Å²) in [6, 6.07) is 7.66. The van der Waals surface area contributed by atoms with Gasteiger partial charge in [-0.1, -0.05) is 27.3 Å². The van der Waals surface area contributed by atoms with Crippen molar-refractivity contribution < 1.29 is 4.74 Å². The summed E-state index contributed by atoms with van der Waals surface area (Å²) in [5.41, 5.74) is 0. The van der Waals surface area contributed by atoms with Gasteiger partial charge in [0.05, 0.1) is 0 Å². The highest BCUT2D eigenvalue weighted by Crippen LogP contribution is 2.17. The van der Waals surface area contributed by atoms with Crippen LogP contribution < -0.4 is 4.74 Å². The lowest BCUT2D eigenvalue weighted by Crippen LogP contribution is -1.94. The summed E-state index contributed by atoms with van der Waals surface area (Å²) in [6.45, 7) is 0.444. The number of hydrogen-bond donors (Lipinski definition) is 1. The predicted octanol–water partition coefficient (Wildman–Crippen LogP) is 3.54. The number of nitrogens with zero attached hydrogens (tertiary/aromatic N) is 1. The van der Waals surface area contributed by atoms with Crippen molar-refractivity contribution in [1.82, 2.24) is 10.2 Å². The second-order valence-corrected chi connectivity index (χ2v) is 5.42. The van der Waals surface area contributed by atoms with Gasteiger partial charge >= 0.3 is 0 Å². The fourth-order valence-electron chi connectivity index (χ4n) is 0.998. The molecule has 1 N–H and O–H groups in total. The molecule has 0 fully saturated rings. The molecule has 0 unspecified atom stereocenters. The van der Waals surface area contributed by atoms with Crippen LogP contribution in [0.2, 0.25) is 0 Å². The molecule has 15 heavy (non-hydrogen) atoms. The molecule has 0 aliphatic carbocycles. The minimum atomic E-state index is 0.444. The van der Waals surface area contributed by atoms with Crippen LogP contribution in [-0.2, 0) is 6.61 Å². The lowest BCUT2D eigenvalue weighted by molar-refractivity contribution is 0.304. The van der Waals surface area contributed by atoms with Crippen LogP contribution in [-0.4, -0.2) is 10.2 Å². The Kier molecular flexibility index (Phi) is 3.50. The molecule has 0 aliphatic rings. The third-order valence-electron chi connectivity index (χ3n) is 1.66. The molecule has 0 bridgehead atoms. The standard InChI is InChI=1S/C9H7BrN2OS2/c10-6-1-3-7(4-2-6)13-5-8-11-12-9(14)15-8/h1-4H,5H2,(H,12,14). The van der Waals surface area contributed by atoms with E-state index in [9.17, 15) is 0 Å². The van der Waals surface area contributed by atoms with E-state index in [1.54, 1.807) is 0 Å². The SMILES string of the molecule is S=c1[nH]nc(COc2ccc(Br)cc2)s1. The molecule has 1 heterocycles. The van der Waals surface area contributed by atoms with Gasteiger partial charge in [-0.2, -0.15) is 5.10 Å². The Morgan fingerprint density at radius 3 is 2.73 bits per heavy atom. The summed E-state index contributed by atoms with van der Waals surface area (Å²) in [6.07, 6.45) is 0. The van der Waals surface area contributed by atoms with Crippen LogP contribution in [0.3, 0.4) is 0 Å². The number of rotatable bonds is 3. The third kappa shape index (κ3) is 3.12. The van der Waals surface area contributed by atoms with E-state index < -0.39 is 0 Å². The first-order valence-electron chi connectivity index (χ1n) is 4.17. The van der Waals surface area contributed by atoms with Crippen molar-refractivity contribution in [2.24, 2.45) is 0 Å². The van der Waals surface area contributed by atoms with Crippen LogP contribution in [0, 0.1) is 3.95 Å². The third-order valence-corrected chi connectivity index (χ3v) is 3.25. The molecule has 0 aliphatic heterocycles. The van der Waals surface area contributed by atoms with Crippen LogP contribution in [0.5, 0.6) is 5.75 Å². The van der Waals surface area contributed by atoms with Gasteiger partial charge < -0.3 is 4.74 Å². The topological polar surface area (TPSA) is 37.9 Å². The van der Waals surface area contributed by atoms with Gasteiger partial charge in [0.15, 0.2) is 8.96 Å². The van der Waals surface area contributed by atoms with Crippen LogP contribution in [0.1, 0.15) is 5.01 Å². The summed E-state index contributed by atoms with van der Waals surface area (Å²) in [4.78, 5) is 0. The maximum Gasteiger partial charge on any atom is 0.176 e. The fourth-order valence-corrected chi connectivity index (χ4v) is 2.11. The second-order valence-electron chi connectivity index (χ2n) is 2.75. The molecule has 2 rings (SSSR count). The average Bonchev–Trinajstić information content (AvgIpc) is 2.64. The molecule has 0 saturated carbocycles. The summed E-state index contributed by atoms with van der Waals surface area (Å²) in [5.74, 6) is 0.819. The van der Waals surface area contributed by atoms with Crippen molar-refractivity contribution in [1.29, 1.82) is 0 Å². The van der Waals surface area contributed by atoms with Gasteiger partial charge in [-0.15, -0.1) is 0 Å². The molecular formula is C9H7BrN2OS2. The molecule has 0 saturated heterocycles. The van der Waals surface area contributed by atoms with E-state index >= 15 is 0 Å². The number of aromatic nitrogens is 2. The lowest BCUT2D eigenvalue weighted by Gasteiger charge is -2.02. The first-order valence-corrected chi connectivity index (χ1v) is 6.18. The molecule has 2 aromatic rings. The molecular weight excluding hydrogens is 296 g/mol. The van der Waals surface area contributed by atoms with Gasteiger partial charge in [-0.3, -0.25) is 5.10 Å². The van der Waals surface area contributed by atoms with Gasteiger partial charge in [0.25, 0.3) is 0 Å². The minimum Gasteiger partial charge on any atom is -0.486 e. The maximum absolute atomic E-state index is 5.52. The van der Waals surface area contributed by atoms with E-state index in [1.807, 2.05) is 24.3 Å². The Morgan fingerprint density at radius 1 is 1.40 bits per heavy atom. The second kappa shape index (κ2) is 4.87. The Hall–Kier alpha value is -0.720. The van der Waals surface area contributed by atoms with Crippen LogP contribution >= 0.6 is 39.5 Å². The molecule has 0 amide bonds. The molecule has 3 nitrogen and oxygen atoms in total. The van der Waals surface area contributed by atoms with Crippen molar-refractivity contribution in [3.05, 3.63) is 37.7 Å². The quantitative estimate of drug-likeness (QED) is 0.881. The Labute approximate surface area is 104 Å². The van der Waals surface area contributed by atoms with E-state index in [0.29, 0.717) is 10.6 Å². The number of aromatic amines is 1. The van der Waals surface area contributed by atoms with Crippen molar-refractivity contribution in [2.75, 3.05) is 0 Å². The molecule has 78 valence electrons. The zero-order chi connectivity index (χ0) is 10.7. The molecule has 0 spiro atoms. The van der Waals surface area contributed by atoms with E-state index in [4.69, 9.17) is 17.0 Å². The van der Waals surface area contributed by atoms with Crippen LogP contribution in [0.25, 0.3) is 0 Å². The van der Waals surface area contributed by atoms with Crippen molar-refractivity contribution in [2.45, 2.75) is 6.61 Å². The summed E-state index contributed by atoms with van der Waals surface area (Å²) < 4.78 is 7.22. The van der Waals surface area contributed by atoms with E-state index in [0.717, 1.165) is 15.2 Å². The van der Waals surface area contributed by atoms with Gasteiger partial charge in [0, 0.05) is 4.47 Å². The highest BCUT2D eigenvalue weighted by Gasteiger charge is 1.99. The first-order chi connectivity index (χ1) is 7.24. The number of benzene rings is 1. The summed E-state index contributed by atoms with van der Waals surface area (Å²) in [7, 11) is 0. The number of halogens is 1. The monoisotopic (exact) mass is 302 g/mol. The van der Waals surface area contributed by atoms with E-state index in [2.05, 4.69) is 26.1 Å². The summed E-state index contributed by atoms with van der Waals surface area (Å²) in [5, 5.41) is 7.56. The van der Waals surface area contributed by atoms with Gasteiger partial charge in [0.1, 0.15) is 12.4 Å². The van der Waals surface area contributed by atoms with Crippen molar-refractivity contribution >= 4 is 39.5 Å². The molecule has 1 aromatic heterocycles. The number of hydrogen-bond acceptors (Lipinski definition) is 4. The molecule has 0 atom stereocenters. The Morgan fingerprint density at radius 2 is 2.13 bits per heavy atom.